The van der Waals surface area contributed by atoms with Crippen molar-refractivity contribution in [2.24, 2.45) is 0 Å². The lowest BCUT2D eigenvalue weighted by molar-refractivity contribution is 0.537. The van der Waals surface area contributed by atoms with Crippen molar-refractivity contribution in [3.05, 3.63) is 46.8 Å². The summed E-state index contributed by atoms with van der Waals surface area (Å²) in [6.07, 6.45) is 6.71. The Morgan fingerprint density at radius 1 is 1.05 bits per heavy atom. The molecule has 1 aliphatic rings. The van der Waals surface area contributed by atoms with Gasteiger partial charge < -0.3 is 4.57 Å². The van der Waals surface area contributed by atoms with Crippen LogP contribution in [0.4, 0.5) is 0 Å². The maximum Gasteiger partial charge on any atom is 0.224 e. The molecule has 0 saturated heterocycles. The summed E-state index contributed by atoms with van der Waals surface area (Å²) in [5.74, 6) is 0. The molecule has 0 bridgehead atoms. The topological polar surface area (TPSA) is 30.7 Å². The van der Waals surface area contributed by atoms with Gasteiger partial charge in [0.05, 0.1) is 5.69 Å². The molecule has 1 aromatic carbocycles. The van der Waals surface area contributed by atoms with Gasteiger partial charge in [-0.15, -0.1) is 0 Å². The van der Waals surface area contributed by atoms with Gasteiger partial charge in [0.2, 0.25) is 5.28 Å². The van der Waals surface area contributed by atoms with E-state index >= 15 is 0 Å². The fourth-order valence-corrected chi connectivity index (χ4v) is 3.62. The molecular weight excluding hydrogens is 317 g/mol. The van der Waals surface area contributed by atoms with E-state index < -0.39 is 0 Å². The van der Waals surface area contributed by atoms with Gasteiger partial charge >= 0.3 is 0 Å². The van der Waals surface area contributed by atoms with Crippen LogP contribution in [-0.4, -0.2) is 14.5 Å². The van der Waals surface area contributed by atoms with E-state index in [4.69, 9.17) is 23.2 Å². The van der Waals surface area contributed by atoms with Gasteiger partial charge in [-0.2, -0.15) is 4.98 Å². The summed E-state index contributed by atoms with van der Waals surface area (Å²) < 4.78 is 2.33. The van der Waals surface area contributed by atoms with Gasteiger partial charge in [0.25, 0.3) is 0 Å². The maximum atomic E-state index is 6.02. The highest BCUT2D eigenvalue weighted by atomic mass is 35.5. The van der Waals surface area contributed by atoms with Crippen molar-refractivity contribution in [1.82, 2.24) is 14.5 Å². The normalized spacial score (nSPS) is 15.7. The van der Waals surface area contributed by atoms with Crippen LogP contribution in [-0.2, 0) is 0 Å². The predicted octanol–water partition coefficient (Wildman–Crippen LogP) is 5.52. The van der Waals surface area contributed by atoms with Crippen LogP contribution in [0.3, 0.4) is 0 Å². The molecule has 4 rings (SSSR count). The number of halogens is 2. The van der Waals surface area contributed by atoms with Crippen molar-refractivity contribution in [2.75, 3.05) is 0 Å². The van der Waals surface area contributed by atoms with E-state index in [9.17, 15) is 0 Å². The van der Waals surface area contributed by atoms with E-state index in [1.54, 1.807) is 6.20 Å². The second kappa shape index (κ2) is 5.56. The Bertz CT molecular complexity index is 818. The molecular formula is C17H15Cl2N3. The molecule has 112 valence electrons. The number of nitrogens with zero attached hydrogens (tertiary/aromatic N) is 3. The van der Waals surface area contributed by atoms with E-state index in [-0.39, 0.29) is 0 Å². The highest BCUT2D eigenvalue weighted by Gasteiger charge is 2.23. The molecule has 0 amide bonds. The number of benzene rings is 1. The van der Waals surface area contributed by atoms with Crippen molar-refractivity contribution in [3.8, 4) is 11.3 Å². The first kappa shape index (κ1) is 14.0. The average molecular weight is 332 g/mol. The Morgan fingerprint density at radius 3 is 2.50 bits per heavy atom. The van der Waals surface area contributed by atoms with Crippen LogP contribution in [0.2, 0.25) is 10.3 Å². The summed E-state index contributed by atoms with van der Waals surface area (Å²) >= 11 is 12.0. The lowest BCUT2D eigenvalue weighted by Crippen LogP contribution is -2.07. The van der Waals surface area contributed by atoms with Gasteiger partial charge in [-0.3, -0.25) is 0 Å². The summed E-state index contributed by atoms with van der Waals surface area (Å²) in [4.78, 5) is 8.59. The summed E-state index contributed by atoms with van der Waals surface area (Å²) in [5, 5.41) is 2.07. The highest BCUT2D eigenvalue weighted by molar-refractivity contribution is 6.30. The molecule has 0 radical (unpaired) electrons. The number of rotatable bonds is 2. The second-order valence-electron chi connectivity index (χ2n) is 5.76. The standard InChI is InChI=1S/C17H15Cl2N3/c18-13-7-5-11(6-8-13)15-9-12-10-20-17(19)21-16(12)22(15)14-3-1-2-4-14/h5-10,14H,1-4H2. The van der Waals surface area contributed by atoms with Gasteiger partial charge in [-0.05, 0) is 48.2 Å². The summed E-state index contributed by atoms with van der Waals surface area (Å²) in [6.45, 7) is 0. The molecule has 1 aliphatic carbocycles. The van der Waals surface area contributed by atoms with Crippen LogP contribution in [0, 0.1) is 0 Å². The van der Waals surface area contributed by atoms with Crippen molar-refractivity contribution >= 4 is 34.2 Å². The largest absolute Gasteiger partial charge is 0.322 e. The van der Waals surface area contributed by atoms with E-state index in [2.05, 4.69) is 32.7 Å². The molecule has 5 heteroatoms. The number of hydrogen-bond donors (Lipinski definition) is 0. The minimum absolute atomic E-state index is 0.299. The zero-order valence-corrected chi connectivity index (χ0v) is 13.5. The molecule has 1 saturated carbocycles. The van der Waals surface area contributed by atoms with Crippen molar-refractivity contribution < 1.29 is 0 Å². The minimum atomic E-state index is 0.299. The molecule has 0 unspecified atom stereocenters. The number of aromatic nitrogens is 3. The quantitative estimate of drug-likeness (QED) is 0.579. The lowest BCUT2D eigenvalue weighted by Gasteiger charge is -2.17. The molecule has 0 spiro atoms. The average Bonchev–Trinajstić information content (AvgIpc) is 3.14. The zero-order chi connectivity index (χ0) is 15.1. The number of fused-ring (bicyclic) bond motifs is 1. The Morgan fingerprint density at radius 2 is 1.77 bits per heavy atom. The van der Waals surface area contributed by atoms with Crippen molar-refractivity contribution in [1.29, 1.82) is 0 Å². The molecule has 0 aliphatic heterocycles. The van der Waals surface area contributed by atoms with Crippen LogP contribution in [0.5, 0.6) is 0 Å². The van der Waals surface area contributed by atoms with Gasteiger partial charge in [0.1, 0.15) is 5.65 Å². The number of hydrogen-bond acceptors (Lipinski definition) is 2. The zero-order valence-electron chi connectivity index (χ0n) is 12.0. The van der Waals surface area contributed by atoms with Crippen LogP contribution >= 0.6 is 23.2 Å². The van der Waals surface area contributed by atoms with Crippen LogP contribution in [0.1, 0.15) is 31.7 Å². The van der Waals surface area contributed by atoms with E-state index in [0.717, 1.165) is 27.3 Å². The smallest absolute Gasteiger partial charge is 0.224 e. The second-order valence-corrected chi connectivity index (χ2v) is 6.54. The fourth-order valence-electron chi connectivity index (χ4n) is 3.36. The Balaban J connectivity index is 1.96. The van der Waals surface area contributed by atoms with Gasteiger partial charge in [0, 0.05) is 22.6 Å². The van der Waals surface area contributed by atoms with Crippen LogP contribution < -0.4 is 0 Å². The minimum Gasteiger partial charge on any atom is -0.322 e. The molecule has 0 N–H and O–H groups in total. The third-order valence-electron chi connectivity index (χ3n) is 4.38. The summed E-state index contributed by atoms with van der Waals surface area (Å²) in [6, 6.07) is 10.6. The van der Waals surface area contributed by atoms with E-state index in [0.29, 0.717) is 11.3 Å². The maximum absolute atomic E-state index is 6.02. The van der Waals surface area contributed by atoms with E-state index in [1.807, 2.05) is 12.1 Å². The molecule has 3 aromatic rings. The Kier molecular flexibility index (Phi) is 3.55. The fraction of sp³-hybridized carbons (Fsp3) is 0.294. The predicted molar refractivity (Wildman–Crippen MR) is 90.5 cm³/mol. The first-order chi connectivity index (χ1) is 10.7. The van der Waals surface area contributed by atoms with E-state index in [1.165, 1.54) is 25.7 Å². The van der Waals surface area contributed by atoms with Crippen molar-refractivity contribution in [2.45, 2.75) is 31.7 Å². The summed E-state index contributed by atoms with van der Waals surface area (Å²) in [5.41, 5.74) is 3.23. The first-order valence-electron chi connectivity index (χ1n) is 7.52. The summed E-state index contributed by atoms with van der Waals surface area (Å²) in [7, 11) is 0. The molecule has 22 heavy (non-hydrogen) atoms. The molecule has 3 nitrogen and oxygen atoms in total. The van der Waals surface area contributed by atoms with Crippen LogP contribution in [0.15, 0.2) is 36.5 Å². The highest BCUT2D eigenvalue weighted by Crippen LogP contribution is 2.38. The Hall–Kier alpha value is -1.58. The molecule has 0 atom stereocenters. The van der Waals surface area contributed by atoms with Gasteiger partial charge in [0.15, 0.2) is 0 Å². The SMILES string of the molecule is Clc1ccc(-c2cc3cnc(Cl)nc3n2C2CCCC2)cc1. The third kappa shape index (κ3) is 2.38. The van der Waals surface area contributed by atoms with Crippen LogP contribution in [0.25, 0.3) is 22.3 Å². The first-order valence-corrected chi connectivity index (χ1v) is 8.27. The molecule has 1 fully saturated rings. The molecule has 2 aromatic heterocycles. The molecule has 2 heterocycles. The Labute approximate surface area is 138 Å². The van der Waals surface area contributed by atoms with Gasteiger partial charge in [-0.1, -0.05) is 36.6 Å². The third-order valence-corrected chi connectivity index (χ3v) is 4.81. The lowest BCUT2D eigenvalue weighted by atomic mass is 10.1. The monoisotopic (exact) mass is 331 g/mol. The van der Waals surface area contributed by atoms with Gasteiger partial charge in [-0.25, -0.2) is 4.98 Å². The van der Waals surface area contributed by atoms with Crippen molar-refractivity contribution in [3.63, 3.8) is 0 Å².